The fourth-order valence-corrected chi connectivity index (χ4v) is 3.10. The minimum absolute atomic E-state index is 0.0161. The number of para-hydroxylation sites is 1. The van der Waals surface area contributed by atoms with Crippen molar-refractivity contribution >= 4 is 0 Å². The first-order valence-corrected chi connectivity index (χ1v) is 7.43. The van der Waals surface area contributed by atoms with E-state index in [9.17, 15) is 4.39 Å². The van der Waals surface area contributed by atoms with Gasteiger partial charge in [-0.3, -0.25) is 0 Å². The van der Waals surface area contributed by atoms with Gasteiger partial charge >= 0.3 is 0 Å². The fourth-order valence-electron chi connectivity index (χ4n) is 3.10. The van der Waals surface area contributed by atoms with Crippen LogP contribution in [0.5, 0.6) is 5.75 Å². The number of nitrogens with one attached hydrogen (secondary N) is 1. The Balaban J connectivity index is 1.84. The third-order valence-corrected chi connectivity index (χ3v) is 4.23. The molecule has 0 bridgehead atoms. The van der Waals surface area contributed by atoms with Gasteiger partial charge in [-0.15, -0.1) is 0 Å². The highest BCUT2D eigenvalue weighted by molar-refractivity contribution is 5.38. The van der Waals surface area contributed by atoms with E-state index in [1.165, 1.54) is 11.6 Å². The molecule has 0 spiro atoms. The van der Waals surface area contributed by atoms with Gasteiger partial charge in [0, 0.05) is 11.6 Å². The second-order valence-corrected chi connectivity index (χ2v) is 5.47. The molecular weight excluding hydrogens is 265 g/mol. The summed E-state index contributed by atoms with van der Waals surface area (Å²) in [7, 11) is 1.89. The third-order valence-electron chi connectivity index (χ3n) is 4.23. The minimum atomic E-state index is -0.141. The maximum absolute atomic E-state index is 14.0. The first kappa shape index (κ1) is 14.1. The average Bonchev–Trinajstić information content (AvgIpc) is 2.53. The first-order valence-electron chi connectivity index (χ1n) is 7.43. The molecule has 0 saturated heterocycles. The SMILES string of the molecule is CNC(CC1CCOc2ccccc21)c1ccccc1F. The summed E-state index contributed by atoms with van der Waals surface area (Å²) in [5.74, 6) is 1.22. The van der Waals surface area contributed by atoms with Crippen molar-refractivity contribution < 1.29 is 9.13 Å². The summed E-state index contributed by atoms with van der Waals surface area (Å²) in [4.78, 5) is 0. The van der Waals surface area contributed by atoms with Gasteiger partial charge < -0.3 is 10.1 Å². The summed E-state index contributed by atoms with van der Waals surface area (Å²) in [5, 5.41) is 3.26. The molecule has 1 aliphatic heterocycles. The molecule has 1 heterocycles. The molecule has 1 N–H and O–H groups in total. The molecule has 1 aliphatic rings. The van der Waals surface area contributed by atoms with Crippen LogP contribution in [0.15, 0.2) is 48.5 Å². The standard InChI is InChI=1S/C18H20FNO/c1-20-17(15-7-2-4-8-16(15)19)12-13-10-11-21-18-9-5-3-6-14(13)18/h2-9,13,17,20H,10-12H2,1H3. The van der Waals surface area contributed by atoms with Crippen LogP contribution < -0.4 is 10.1 Å². The molecule has 21 heavy (non-hydrogen) atoms. The van der Waals surface area contributed by atoms with Crippen LogP contribution in [-0.2, 0) is 0 Å². The van der Waals surface area contributed by atoms with E-state index in [2.05, 4.69) is 11.4 Å². The Morgan fingerprint density at radius 1 is 1.19 bits per heavy atom. The third kappa shape index (κ3) is 2.93. The molecule has 0 radical (unpaired) electrons. The maximum Gasteiger partial charge on any atom is 0.127 e. The summed E-state index contributed by atoms with van der Waals surface area (Å²) in [6, 6.07) is 15.2. The molecular formula is C18H20FNO. The highest BCUT2D eigenvalue weighted by Gasteiger charge is 2.25. The van der Waals surface area contributed by atoms with Crippen LogP contribution in [0.4, 0.5) is 4.39 Å². The zero-order valence-corrected chi connectivity index (χ0v) is 12.2. The highest BCUT2D eigenvalue weighted by Crippen LogP contribution is 2.39. The molecule has 2 aromatic rings. The first-order chi connectivity index (χ1) is 10.3. The lowest BCUT2D eigenvalue weighted by Gasteiger charge is -2.29. The van der Waals surface area contributed by atoms with E-state index < -0.39 is 0 Å². The molecule has 0 fully saturated rings. The maximum atomic E-state index is 14.0. The Hall–Kier alpha value is -1.87. The van der Waals surface area contributed by atoms with Crippen molar-refractivity contribution in [1.29, 1.82) is 0 Å². The molecule has 2 unspecified atom stereocenters. The van der Waals surface area contributed by atoms with Gasteiger partial charge in [0.2, 0.25) is 0 Å². The van der Waals surface area contributed by atoms with Crippen LogP contribution in [-0.4, -0.2) is 13.7 Å². The van der Waals surface area contributed by atoms with Crippen LogP contribution >= 0.6 is 0 Å². The van der Waals surface area contributed by atoms with Crippen molar-refractivity contribution in [2.45, 2.75) is 24.8 Å². The Morgan fingerprint density at radius 3 is 2.76 bits per heavy atom. The number of benzene rings is 2. The minimum Gasteiger partial charge on any atom is -0.493 e. The van der Waals surface area contributed by atoms with Crippen molar-refractivity contribution in [3.8, 4) is 5.75 Å². The Labute approximate surface area is 125 Å². The monoisotopic (exact) mass is 285 g/mol. The van der Waals surface area contributed by atoms with E-state index in [0.29, 0.717) is 5.92 Å². The lowest BCUT2D eigenvalue weighted by Crippen LogP contribution is -2.23. The molecule has 0 amide bonds. The average molecular weight is 285 g/mol. The lowest BCUT2D eigenvalue weighted by molar-refractivity contribution is 0.256. The van der Waals surface area contributed by atoms with Gasteiger partial charge in [-0.1, -0.05) is 36.4 Å². The summed E-state index contributed by atoms with van der Waals surface area (Å²) in [6.45, 7) is 0.732. The largest absolute Gasteiger partial charge is 0.493 e. The van der Waals surface area contributed by atoms with Crippen molar-refractivity contribution in [1.82, 2.24) is 5.32 Å². The second kappa shape index (κ2) is 6.27. The van der Waals surface area contributed by atoms with Gasteiger partial charge in [-0.05, 0) is 43.5 Å². The Morgan fingerprint density at radius 2 is 1.95 bits per heavy atom. The molecule has 2 atom stereocenters. The quantitative estimate of drug-likeness (QED) is 0.915. The van der Waals surface area contributed by atoms with Crippen molar-refractivity contribution in [2.75, 3.05) is 13.7 Å². The van der Waals surface area contributed by atoms with E-state index >= 15 is 0 Å². The van der Waals surface area contributed by atoms with E-state index in [-0.39, 0.29) is 11.9 Å². The summed E-state index contributed by atoms with van der Waals surface area (Å²) < 4.78 is 19.7. The van der Waals surface area contributed by atoms with E-state index in [1.807, 2.05) is 37.4 Å². The van der Waals surface area contributed by atoms with Gasteiger partial charge in [-0.25, -0.2) is 4.39 Å². The van der Waals surface area contributed by atoms with Crippen LogP contribution in [0.25, 0.3) is 0 Å². The zero-order chi connectivity index (χ0) is 14.7. The molecule has 2 aromatic carbocycles. The van der Waals surface area contributed by atoms with Crippen LogP contribution in [0.1, 0.15) is 35.9 Å². The van der Waals surface area contributed by atoms with Crippen LogP contribution in [0, 0.1) is 5.82 Å². The van der Waals surface area contributed by atoms with Crippen molar-refractivity contribution in [2.24, 2.45) is 0 Å². The number of hydrogen-bond acceptors (Lipinski definition) is 2. The predicted molar refractivity (Wildman–Crippen MR) is 82.1 cm³/mol. The number of halogens is 1. The Kier molecular flexibility index (Phi) is 4.20. The topological polar surface area (TPSA) is 21.3 Å². The normalized spacial score (nSPS) is 18.7. The van der Waals surface area contributed by atoms with Gasteiger partial charge in [0.05, 0.1) is 6.61 Å². The number of hydrogen-bond donors (Lipinski definition) is 1. The van der Waals surface area contributed by atoms with E-state index in [4.69, 9.17) is 4.74 Å². The predicted octanol–water partition coefficient (Wildman–Crippen LogP) is 4.04. The van der Waals surface area contributed by atoms with Gasteiger partial charge in [-0.2, -0.15) is 0 Å². The second-order valence-electron chi connectivity index (χ2n) is 5.47. The molecule has 0 aromatic heterocycles. The van der Waals surface area contributed by atoms with Crippen LogP contribution in [0.2, 0.25) is 0 Å². The smallest absolute Gasteiger partial charge is 0.127 e. The number of rotatable bonds is 4. The number of ether oxygens (including phenoxy) is 1. The van der Waals surface area contributed by atoms with E-state index in [0.717, 1.165) is 30.8 Å². The molecule has 2 nitrogen and oxygen atoms in total. The molecule has 0 saturated carbocycles. The zero-order valence-electron chi connectivity index (χ0n) is 12.2. The lowest BCUT2D eigenvalue weighted by atomic mass is 9.85. The fraction of sp³-hybridized carbons (Fsp3) is 0.333. The molecule has 110 valence electrons. The molecule has 3 rings (SSSR count). The molecule has 3 heteroatoms. The van der Waals surface area contributed by atoms with Crippen molar-refractivity contribution in [3.63, 3.8) is 0 Å². The van der Waals surface area contributed by atoms with E-state index in [1.54, 1.807) is 6.07 Å². The van der Waals surface area contributed by atoms with Gasteiger partial charge in [0.1, 0.15) is 11.6 Å². The van der Waals surface area contributed by atoms with Crippen molar-refractivity contribution in [3.05, 3.63) is 65.5 Å². The summed E-state index contributed by atoms with van der Waals surface area (Å²) in [5.41, 5.74) is 1.98. The van der Waals surface area contributed by atoms with Gasteiger partial charge in [0.15, 0.2) is 0 Å². The summed E-state index contributed by atoms with van der Waals surface area (Å²) in [6.07, 6.45) is 1.85. The molecule has 0 aliphatic carbocycles. The van der Waals surface area contributed by atoms with Gasteiger partial charge in [0.25, 0.3) is 0 Å². The number of fused-ring (bicyclic) bond motifs is 1. The highest BCUT2D eigenvalue weighted by atomic mass is 19.1. The summed E-state index contributed by atoms with van der Waals surface area (Å²) >= 11 is 0. The van der Waals surface area contributed by atoms with Crippen LogP contribution in [0.3, 0.4) is 0 Å². The Bertz CT molecular complexity index is 614.